The molecule has 1 aromatic carbocycles. The summed E-state index contributed by atoms with van der Waals surface area (Å²) in [6, 6.07) is 13.3. The number of methoxy groups -OCH3 is 1. The van der Waals surface area contributed by atoms with Crippen LogP contribution in [-0.2, 0) is 4.79 Å². The van der Waals surface area contributed by atoms with Gasteiger partial charge < -0.3 is 9.15 Å². The van der Waals surface area contributed by atoms with Gasteiger partial charge in [-0.1, -0.05) is 0 Å². The molecule has 30 heavy (non-hydrogen) atoms. The molecule has 2 heterocycles. The number of hydrogen-bond acceptors (Lipinski definition) is 6. The van der Waals surface area contributed by atoms with E-state index in [1.165, 1.54) is 12.8 Å². The van der Waals surface area contributed by atoms with Crippen molar-refractivity contribution in [1.29, 1.82) is 5.26 Å². The molecule has 0 saturated heterocycles. The predicted molar refractivity (Wildman–Crippen MR) is 112 cm³/mol. The van der Waals surface area contributed by atoms with Crippen LogP contribution in [0.2, 0.25) is 0 Å². The molecule has 4 rings (SSSR count). The first-order valence-electron chi connectivity index (χ1n) is 10.3. The fourth-order valence-electron chi connectivity index (χ4n) is 3.77. The third kappa shape index (κ3) is 4.71. The zero-order valence-electron chi connectivity index (χ0n) is 17.2. The van der Waals surface area contributed by atoms with Crippen LogP contribution in [0.1, 0.15) is 43.0 Å². The van der Waals surface area contributed by atoms with Crippen molar-refractivity contribution in [3.8, 4) is 11.8 Å². The molecule has 156 valence electrons. The van der Waals surface area contributed by atoms with Gasteiger partial charge in [0.05, 0.1) is 31.7 Å². The van der Waals surface area contributed by atoms with Gasteiger partial charge in [0, 0.05) is 25.9 Å². The van der Waals surface area contributed by atoms with Crippen molar-refractivity contribution < 1.29 is 13.9 Å². The van der Waals surface area contributed by atoms with Crippen LogP contribution >= 0.6 is 0 Å². The van der Waals surface area contributed by atoms with E-state index in [0.717, 1.165) is 29.3 Å². The molecular weight excluding hydrogens is 380 g/mol. The van der Waals surface area contributed by atoms with Crippen molar-refractivity contribution in [2.45, 2.75) is 31.7 Å². The quantitative estimate of drug-likeness (QED) is 0.636. The van der Waals surface area contributed by atoms with E-state index in [1.54, 1.807) is 18.4 Å². The third-order valence-electron chi connectivity index (χ3n) is 5.57. The first-order valence-corrected chi connectivity index (χ1v) is 10.3. The summed E-state index contributed by atoms with van der Waals surface area (Å²) in [5, 5.41) is 15.2. The molecule has 7 heteroatoms. The zero-order valence-corrected chi connectivity index (χ0v) is 17.2. The molecule has 1 atom stereocenters. The molecule has 1 fully saturated rings. The molecular formula is C23H26N4O3. The second-order valence-corrected chi connectivity index (χ2v) is 7.84. The van der Waals surface area contributed by atoms with E-state index in [2.05, 4.69) is 16.1 Å². The maximum absolute atomic E-state index is 13.2. The minimum Gasteiger partial charge on any atom is -0.497 e. The normalized spacial score (nSPS) is 18.4. The highest BCUT2D eigenvalue weighted by Crippen LogP contribution is 2.34. The lowest BCUT2D eigenvalue weighted by molar-refractivity contribution is -0.134. The topological polar surface area (TPSA) is 82.1 Å². The van der Waals surface area contributed by atoms with E-state index < -0.39 is 0 Å². The number of nitrogens with zero attached hydrogens (tertiary/aromatic N) is 4. The number of carbonyl (C=O) groups excluding carboxylic acids is 1. The number of hydrogen-bond donors (Lipinski definition) is 0. The van der Waals surface area contributed by atoms with Crippen LogP contribution in [0.15, 0.2) is 52.2 Å². The highest BCUT2D eigenvalue weighted by atomic mass is 16.5. The molecule has 1 aliphatic carbocycles. The molecule has 7 nitrogen and oxygen atoms in total. The molecule has 1 saturated carbocycles. The molecule has 1 aromatic heterocycles. The van der Waals surface area contributed by atoms with Crippen LogP contribution in [0.4, 0.5) is 0 Å². The van der Waals surface area contributed by atoms with Gasteiger partial charge in [0.25, 0.3) is 5.91 Å². The Balaban J connectivity index is 1.53. The Bertz CT molecular complexity index is 926. The van der Waals surface area contributed by atoms with Gasteiger partial charge in [0.2, 0.25) is 0 Å². The largest absolute Gasteiger partial charge is 0.497 e. The number of rotatable bonds is 9. The van der Waals surface area contributed by atoms with Gasteiger partial charge in [-0.3, -0.25) is 9.69 Å². The summed E-state index contributed by atoms with van der Waals surface area (Å²) < 4.78 is 10.9. The number of ether oxygens (including phenoxy) is 1. The number of furan rings is 1. The first kappa shape index (κ1) is 20.2. The van der Waals surface area contributed by atoms with Crippen molar-refractivity contribution in [3.63, 3.8) is 0 Å². The number of hydrazone groups is 1. The molecule has 1 aliphatic heterocycles. The predicted octanol–water partition coefficient (Wildman–Crippen LogP) is 3.59. The van der Waals surface area contributed by atoms with E-state index in [9.17, 15) is 4.79 Å². The van der Waals surface area contributed by atoms with Crippen molar-refractivity contribution in [2.24, 2.45) is 11.0 Å². The average molecular weight is 406 g/mol. The Hall–Kier alpha value is -3.11. The summed E-state index contributed by atoms with van der Waals surface area (Å²) in [5.41, 5.74) is 1.81. The molecule has 0 radical (unpaired) electrons. The third-order valence-corrected chi connectivity index (χ3v) is 5.57. The fraction of sp³-hybridized carbons (Fsp3) is 0.435. The summed E-state index contributed by atoms with van der Waals surface area (Å²) in [5.74, 6) is 2.08. The Morgan fingerprint density at radius 3 is 2.77 bits per heavy atom. The number of amides is 1. The van der Waals surface area contributed by atoms with E-state index in [0.29, 0.717) is 25.3 Å². The Morgan fingerprint density at radius 2 is 2.13 bits per heavy atom. The fourth-order valence-corrected chi connectivity index (χ4v) is 3.77. The molecule has 0 spiro atoms. The smallest absolute Gasteiger partial charge is 0.257 e. The van der Waals surface area contributed by atoms with Gasteiger partial charge in [-0.2, -0.15) is 10.4 Å². The van der Waals surface area contributed by atoms with Gasteiger partial charge in [-0.25, -0.2) is 5.01 Å². The van der Waals surface area contributed by atoms with Gasteiger partial charge in [0.15, 0.2) is 0 Å². The summed E-state index contributed by atoms with van der Waals surface area (Å²) in [7, 11) is 1.63. The Kier molecular flexibility index (Phi) is 6.15. The zero-order chi connectivity index (χ0) is 20.9. The van der Waals surface area contributed by atoms with Crippen LogP contribution < -0.4 is 4.74 Å². The lowest BCUT2D eigenvalue weighted by atomic mass is 10.0. The van der Waals surface area contributed by atoms with Gasteiger partial charge in [-0.05, 0) is 60.7 Å². The summed E-state index contributed by atoms with van der Waals surface area (Å²) in [6.07, 6.45) is 5.04. The molecule has 2 aromatic rings. The minimum absolute atomic E-state index is 0.0708. The lowest BCUT2D eigenvalue weighted by Gasteiger charge is -2.25. The van der Waals surface area contributed by atoms with Crippen LogP contribution in [0.3, 0.4) is 0 Å². The average Bonchev–Trinajstić information content (AvgIpc) is 3.24. The maximum atomic E-state index is 13.2. The summed E-state index contributed by atoms with van der Waals surface area (Å²) in [6.45, 7) is 1.73. The van der Waals surface area contributed by atoms with E-state index in [1.807, 2.05) is 36.4 Å². The van der Waals surface area contributed by atoms with Crippen molar-refractivity contribution in [1.82, 2.24) is 9.91 Å². The monoisotopic (exact) mass is 406 g/mol. The van der Waals surface area contributed by atoms with Gasteiger partial charge in [-0.15, -0.1) is 0 Å². The number of benzene rings is 1. The van der Waals surface area contributed by atoms with Crippen LogP contribution in [-0.4, -0.2) is 48.3 Å². The minimum atomic E-state index is -0.261. The van der Waals surface area contributed by atoms with Crippen molar-refractivity contribution >= 4 is 11.6 Å². The summed E-state index contributed by atoms with van der Waals surface area (Å²) >= 11 is 0. The lowest BCUT2D eigenvalue weighted by Crippen LogP contribution is -2.39. The van der Waals surface area contributed by atoms with E-state index in [4.69, 9.17) is 14.4 Å². The standard InChI is InChI=1S/C23H26N4O3/c1-29-19-9-7-18(8-10-19)20-14-21(22-4-2-13-30-22)27(25-20)23(28)16-26(12-3-11-24)15-17-5-6-17/h2,4,7-10,13,17,21H,3,5-6,12,14-16H2,1H3. The highest BCUT2D eigenvalue weighted by molar-refractivity contribution is 6.03. The van der Waals surface area contributed by atoms with Crippen LogP contribution in [0, 0.1) is 17.2 Å². The van der Waals surface area contributed by atoms with Crippen LogP contribution in [0.25, 0.3) is 0 Å². The van der Waals surface area contributed by atoms with Gasteiger partial charge >= 0.3 is 0 Å². The van der Waals surface area contributed by atoms with Gasteiger partial charge in [0.1, 0.15) is 17.6 Å². The molecule has 1 amide bonds. The molecule has 0 N–H and O–H groups in total. The molecule has 1 unspecified atom stereocenters. The molecule has 0 bridgehead atoms. The van der Waals surface area contributed by atoms with E-state index in [-0.39, 0.29) is 18.5 Å². The number of carbonyl (C=O) groups is 1. The first-order chi connectivity index (χ1) is 14.7. The SMILES string of the molecule is COc1ccc(C2=NN(C(=O)CN(CCC#N)CC3CC3)C(c3ccco3)C2)cc1. The number of nitriles is 1. The van der Waals surface area contributed by atoms with E-state index >= 15 is 0 Å². The van der Waals surface area contributed by atoms with Crippen molar-refractivity contribution in [2.75, 3.05) is 26.7 Å². The second kappa shape index (κ2) is 9.14. The van der Waals surface area contributed by atoms with Crippen molar-refractivity contribution in [3.05, 3.63) is 54.0 Å². The maximum Gasteiger partial charge on any atom is 0.257 e. The summed E-state index contributed by atoms with van der Waals surface area (Å²) in [4.78, 5) is 15.3. The Labute approximate surface area is 176 Å². The highest BCUT2D eigenvalue weighted by Gasteiger charge is 2.36. The second-order valence-electron chi connectivity index (χ2n) is 7.84. The van der Waals surface area contributed by atoms with Crippen LogP contribution in [0.5, 0.6) is 5.75 Å². The Morgan fingerprint density at radius 1 is 1.33 bits per heavy atom. The molecule has 2 aliphatic rings.